The number of halogens is 1. The molecule has 0 amide bonds. The molecule has 1 rings (SSSR count). The summed E-state index contributed by atoms with van der Waals surface area (Å²) in [6, 6.07) is 0. The van der Waals surface area contributed by atoms with Gasteiger partial charge in [-0.05, 0) is 0 Å². The zero-order valence-corrected chi connectivity index (χ0v) is 6.04. The Labute approximate surface area is 58.8 Å². The first-order chi connectivity index (χ1) is 3.83. The zero-order valence-electron chi connectivity index (χ0n) is 3.89. The molecule has 0 aliphatic rings. The molecule has 4 heteroatoms. The SMILES string of the molecule is O=c1occ(CI)o1. The summed E-state index contributed by atoms with van der Waals surface area (Å²) in [5.41, 5.74) is 0. The topological polar surface area (TPSA) is 43.4 Å². The van der Waals surface area contributed by atoms with E-state index in [1.807, 2.05) is 0 Å². The molecule has 0 bridgehead atoms. The van der Waals surface area contributed by atoms with Crippen LogP contribution in [0.3, 0.4) is 0 Å². The van der Waals surface area contributed by atoms with Gasteiger partial charge in [-0.15, -0.1) is 0 Å². The van der Waals surface area contributed by atoms with Crippen LogP contribution in [0.5, 0.6) is 0 Å². The Balaban J connectivity index is 3.01. The first-order valence-corrected chi connectivity index (χ1v) is 3.49. The monoisotopic (exact) mass is 226 g/mol. The van der Waals surface area contributed by atoms with Crippen molar-refractivity contribution in [1.82, 2.24) is 0 Å². The Kier molecular flexibility index (Phi) is 1.72. The van der Waals surface area contributed by atoms with Crippen LogP contribution in [0.15, 0.2) is 19.9 Å². The summed E-state index contributed by atoms with van der Waals surface area (Å²) in [6.07, 6.45) is 1.31. The molecule has 1 heterocycles. The Morgan fingerprint density at radius 1 is 1.75 bits per heavy atom. The lowest BCUT2D eigenvalue weighted by molar-refractivity contribution is 0.378. The predicted molar refractivity (Wildman–Crippen MR) is 35.0 cm³/mol. The molecule has 0 N–H and O–H groups in total. The largest absolute Gasteiger partial charge is 0.518 e. The van der Waals surface area contributed by atoms with Gasteiger partial charge in [0.05, 0.1) is 4.43 Å². The Morgan fingerprint density at radius 2 is 2.50 bits per heavy atom. The highest BCUT2D eigenvalue weighted by Crippen LogP contribution is 2.00. The minimum Gasteiger partial charge on any atom is -0.399 e. The third-order valence-corrected chi connectivity index (χ3v) is 1.38. The van der Waals surface area contributed by atoms with E-state index >= 15 is 0 Å². The lowest BCUT2D eigenvalue weighted by atomic mass is 10.6. The second-order valence-corrected chi connectivity index (χ2v) is 1.95. The van der Waals surface area contributed by atoms with E-state index in [1.54, 1.807) is 0 Å². The minimum absolute atomic E-state index is 0.579. The van der Waals surface area contributed by atoms with E-state index in [1.165, 1.54) is 6.26 Å². The molecule has 0 fully saturated rings. The van der Waals surface area contributed by atoms with Crippen LogP contribution in [0.2, 0.25) is 0 Å². The van der Waals surface area contributed by atoms with Crippen molar-refractivity contribution in [3.63, 3.8) is 0 Å². The van der Waals surface area contributed by atoms with Crippen molar-refractivity contribution < 1.29 is 8.83 Å². The standard InChI is InChI=1S/C4H3IO3/c5-1-3-2-7-4(6)8-3/h2H,1H2. The molecule has 1 aromatic rings. The van der Waals surface area contributed by atoms with Gasteiger partial charge >= 0.3 is 5.82 Å². The summed E-state index contributed by atoms with van der Waals surface area (Å²) >= 11 is 2.07. The van der Waals surface area contributed by atoms with Gasteiger partial charge in [-0.2, -0.15) is 0 Å². The van der Waals surface area contributed by atoms with E-state index in [0.717, 1.165) is 0 Å². The molecule has 0 aliphatic carbocycles. The van der Waals surface area contributed by atoms with Crippen LogP contribution in [-0.2, 0) is 4.43 Å². The molecule has 0 spiro atoms. The molecule has 0 radical (unpaired) electrons. The number of alkyl halides is 1. The second kappa shape index (κ2) is 2.34. The maximum atomic E-state index is 10.1. The summed E-state index contributed by atoms with van der Waals surface area (Å²) in [5, 5.41) is 0. The van der Waals surface area contributed by atoms with Gasteiger partial charge in [0.1, 0.15) is 6.26 Å². The van der Waals surface area contributed by atoms with Gasteiger partial charge in [-0.3, -0.25) is 0 Å². The second-order valence-electron chi connectivity index (χ2n) is 1.19. The van der Waals surface area contributed by atoms with E-state index in [2.05, 4.69) is 31.4 Å². The lowest BCUT2D eigenvalue weighted by Crippen LogP contribution is -1.85. The first kappa shape index (κ1) is 5.87. The molecule has 8 heavy (non-hydrogen) atoms. The summed E-state index contributed by atoms with van der Waals surface area (Å²) in [5.74, 6) is -0.0488. The molecule has 0 saturated carbocycles. The molecule has 1 aromatic heterocycles. The van der Waals surface area contributed by atoms with E-state index < -0.39 is 5.82 Å². The highest BCUT2D eigenvalue weighted by Gasteiger charge is 1.95. The van der Waals surface area contributed by atoms with Crippen LogP contribution >= 0.6 is 22.6 Å². The number of hydrogen-bond acceptors (Lipinski definition) is 3. The molecule has 0 aromatic carbocycles. The van der Waals surface area contributed by atoms with Crippen LogP contribution in [0.25, 0.3) is 0 Å². The molecule has 0 atom stereocenters. The normalized spacial score (nSPS) is 9.62. The molecule has 44 valence electrons. The third kappa shape index (κ3) is 1.12. The van der Waals surface area contributed by atoms with Gasteiger partial charge in [0.25, 0.3) is 0 Å². The van der Waals surface area contributed by atoms with Crippen molar-refractivity contribution in [1.29, 1.82) is 0 Å². The van der Waals surface area contributed by atoms with Gasteiger partial charge in [-0.25, -0.2) is 4.79 Å². The van der Waals surface area contributed by atoms with Crippen molar-refractivity contribution in [2.45, 2.75) is 4.43 Å². The summed E-state index contributed by atoms with van der Waals surface area (Å²) < 4.78 is 9.50. The average molecular weight is 226 g/mol. The minimum atomic E-state index is -0.628. The number of hydrogen-bond donors (Lipinski definition) is 0. The molecular weight excluding hydrogens is 223 g/mol. The zero-order chi connectivity index (χ0) is 5.98. The maximum absolute atomic E-state index is 10.1. The molecular formula is C4H3IO3. The van der Waals surface area contributed by atoms with Gasteiger partial charge in [-0.1, -0.05) is 22.6 Å². The van der Waals surface area contributed by atoms with Crippen molar-refractivity contribution in [3.05, 3.63) is 22.6 Å². The van der Waals surface area contributed by atoms with E-state index in [-0.39, 0.29) is 0 Å². The van der Waals surface area contributed by atoms with Crippen LogP contribution in [-0.4, -0.2) is 0 Å². The van der Waals surface area contributed by atoms with E-state index in [0.29, 0.717) is 10.2 Å². The van der Waals surface area contributed by atoms with Crippen LogP contribution in [0, 0.1) is 0 Å². The lowest BCUT2D eigenvalue weighted by Gasteiger charge is -1.73. The quantitative estimate of drug-likeness (QED) is 0.533. The fourth-order valence-corrected chi connectivity index (χ4v) is 0.663. The Bertz CT molecular complexity index is 211. The smallest absolute Gasteiger partial charge is 0.399 e. The summed E-state index contributed by atoms with van der Waals surface area (Å²) in [4.78, 5) is 10.1. The van der Waals surface area contributed by atoms with Crippen LogP contribution < -0.4 is 5.82 Å². The van der Waals surface area contributed by atoms with Crippen molar-refractivity contribution >= 4 is 22.6 Å². The maximum Gasteiger partial charge on any atom is 0.518 e. The summed E-state index contributed by atoms with van der Waals surface area (Å²) in [6.45, 7) is 0. The molecule has 3 nitrogen and oxygen atoms in total. The van der Waals surface area contributed by atoms with Crippen LogP contribution in [0.4, 0.5) is 0 Å². The third-order valence-electron chi connectivity index (χ3n) is 0.633. The van der Waals surface area contributed by atoms with E-state index in [9.17, 15) is 4.79 Å². The fourth-order valence-electron chi connectivity index (χ4n) is 0.328. The van der Waals surface area contributed by atoms with Gasteiger partial charge in [0, 0.05) is 0 Å². The highest BCUT2D eigenvalue weighted by atomic mass is 127. The van der Waals surface area contributed by atoms with Crippen molar-refractivity contribution in [2.75, 3.05) is 0 Å². The highest BCUT2D eigenvalue weighted by molar-refractivity contribution is 14.1. The van der Waals surface area contributed by atoms with Crippen molar-refractivity contribution in [2.24, 2.45) is 0 Å². The van der Waals surface area contributed by atoms with Gasteiger partial charge in [0.2, 0.25) is 0 Å². The number of rotatable bonds is 1. The van der Waals surface area contributed by atoms with Gasteiger partial charge < -0.3 is 8.83 Å². The van der Waals surface area contributed by atoms with Gasteiger partial charge in [0.15, 0.2) is 5.76 Å². The summed E-state index contributed by atoms with van der Waals surface area (Å²) in [7, 11) is 0. The van der Waals surface area contributed by atoms with E-state index in [4.69, 9.17) is 0 Å². The Hall–Kier alpha value is -0.260. The average Bonchev–Trinajstić information content (AvgIpc) is 2.14. The fraction of sp³-hybridized carbons (Fsp3) is 0.250. The van der Waals surface area contributed by atoms with Crippen molar-refractivity contribution in [3.8, 4) is 0 Å². The first-order valence-electron chi connectivity index (χ1n) is 1.96. The Morgan fingerprint density at radius 3 is 2.75 bits per heavy atom. The molecule has 0 unspecified atom stereocenters. The predicted octanol–water partition coefficient (Wildman–Crippen LogP) is 1.17. The van der Waals surface area contributed by atoms with Crippen LogP contribution in [0.1, 0.15) is 5.76 Å². The molecule has 0 aliphatic heterocycles. The molecule has 0 saturated heterocycles.